The van der Waals surface area contributed by atoms with Crippen LogP contribution in [0.4, 0.5) is 5.69 Å². The Bertz CT molecular complexity index is 391. The minimum absolute atomic E-state index is 0.411. The Morgan fingerprint density at radius 3 is 2.83 bits per heavy atom. The molecule has 1 aliphatic rings. The maximum absolute atomic E-state index is 5.99. The summed E-state index contributed by atoms with van der Waals surface area (Å²) in [6.45, 7) is 7.37. The number of hydrogen-bond acceptors (Lipinski definition) is 3. The molecule has 0 radical (unpaired) electrons. The summed E-state index contributed by atoms with van der Waals surface area (Å²) in [6.07, 6.45) is 1.20. The summed E-state index contributed by atoms with van der Waals surface area (Å²) in [5, 5.41) is 0. The Hall–Kier alpha value is -1.06. The van der Waals surface area contributed by atoms with Gasteiger partial charge in [-0.3, -0.25) is 0 Å². The molecule has 3 heteroatoms. The third kappa shape index (κ3) is 2.85. The van der Waals surface area contributed by atoms with Crippen molar-refractivity contribution in [2.45, 2.75) is 32.4 Å². The molecule has 3 nitrogen and oxygen atoms in total. The molecular weight excluding hydrogens is 222 g/mol. The fourth-order valence-electron chi connectivity index (χ4n) is 2.89. The van der Waals surface area contributed by atoms with E-state index in [9.17, 15) is 0 Å². The molecule has 0 saturated carbocycles. The van der Waals surface area contributed by atoms with E-state index < -0.39 is 0 Å². The summed E-state index contributed by atoms with van der Waals surface area (Å²) in [7, 11) is 2.19. The molecule has 2 unspecified atom stereocenters. The van der Waals surface area contributed by atoms with E-state index in [1.165, 1.54) is 17.7 Å². The first-order valence-corrected chi connectivity index (χ1v) is 6.85. The van der Waals surface area contributed by atoms with Crippen molar-refractivity contribution in [3.8, 4) is 0 Å². The summed E-state index contributed by atoms with van der Waals surface area (Å²) in [5.41, 5.74) is 8.62. The number of benzene rings is 1. The van der Waals surface area contributed by atoms with Gasteiger partial charge < -0.3 is 15.5 Å². The number of nitrogens with two attached hydrogens (primary N) is 1. The van der Waals surface area contributed by atoms with Gasteiger partial charge in [0, 0.05) is 24.8 Å². The van der Waals surface area contributed by atoms with Gasteiger partial charge in [-0.25, -0.2) is 0 Å². The van der Waals surface area contributed by atoms with Crippen molar-refractivity contribution >= 4 is 5.69 Å². The first-order valence-electron chi connectivity index (χ1n) is 6.85. The number of likely N-dealkylation sites (N-methyl/N-ethyl adjacent to an activating group) is 1. The molecule has 1 aromatic rings. The topological polar surface area (TPSA) is 32.5 Å². The predicted octanol–water partition coefficient (Wildman–Crippen LogP) is 1.85. The molecule has 18 heavy (non-hydrogen) atoms. The molecule has 1 aromatic carbocycles. The van der Waals surface area contributed by atoms with Crippen molar-refractivity contribution in [2.24, 2.45) is 5.73 Å². The van der Waals surface area contributed by atoms with E-state index in [0.29, 0.717) is 18.6 Å². The highest BCUT2D eigenvalue weighted by atomic mass is 15.3. The monoisotopic (exact) mass is 247 g/mol. The highest BCUT2D eigenvalue weighted by Crippen LogP contribution is 2.24. The standard InChI is InChI=1S/C15H25N3/c1-12-5-4-6-14(9-12)18-13(2)7-8-17(3)11-15(18)10-16/h4-6,9,13,15H,7-8,10-11,16H2,1-3H3. The van der Waals surface area contributed by atoms with Crippen LogP contribution < -0.4 is 10.6 Å². The summed E-state index contributed by atoms with van der Waals surface area (Å²) in [4.78, 5) is 4.90. The minimum atomic E-state index is 0.411. The second kappa shape index (κ2) is 5.72. The van der Waals surface area contributed by atoms with Crippen LogP contribution in [-0.4, -0.2) is 43.7 Å². The highest BCUT2D eigenvalue weighted by Gasteiger charge is 2.27. The molecule has 0 bridgehead atoms. The first kappa shape index (κ1) is 13.4. The van der Waals surface area contributed by atoms with Crippen LogP contribution in [-0.2, 0) is 0 Å². The molecule has 0 aliphatic carbocycles. The van der Waals surface area contributed by atoms with Gasteiger partial charge in [-0.05, 0) is 51.6 Å². The quantitative estimate of drug-likeness (QED) is 0.866. The largest absolute Gasteiger partial charge is 0.363 e. The van der Waals surface area contributed by atoms with Crippen LogP contribution in [0.1, 0.15) is 18.9 Å². The van der Waals surface area contributed by atoms with Crippen LogP contribution in [0.15, 0.2) is 24.3 Å². The second-order valence-electron chi connectivity index (χ2n) is 5.54. The Balaban J connectivity index is 2.31. The van der Waals surface area contributed by atoms with E-state index in [1.54, 1.807) is 0 Å². The van der Waals surface area contributed by atoms with Gasteiger partial charge in [0.1, 0.15) is 0 Å². The van der Waals surface area contributed by atoms with Crippen LogP contribution in [0.3, 0.4) is 0 Å². The minimum Gasteiger partial charge on any atom is -0.363 e. The molecule has 2 rings (SSSR count). The van der Waals surface area contributed by atoms with Gasteiger partial charge in [-0.1, -0.05) is 12.1 Å². The fourth-order valence-corrected chi connectivity index (χ4v) is 2.89. The lowest BCUT2D eigenvalue weighted by atomic mass is 10.1. The van der Waals surface area contributed by atoms with Crippen molar-refractivity contribution in [2.75, 3.05) is 31.6 Å². The predicted molar refractivity (Wildman–Crippen MR) is 78.1 cm³/mol. The van der Waals surface area contributed by atoms with Crippen molar-refractivity contribution in [1.29, 1.82) is 0 Å². The molecule has 1 saturated heterocycles. The van der Waals surface area contributed by atoms with Crippen LogP contribution >= 0.6 is 0 Å². The Morgan fingerprint density at radius 1 is 1.39 bits per heavy atom. The van der Waals surface area contributed by atoms with E-state index in [1.807, 2.05) is 0 Å². The van der Waals surface area contributed by atoms with Gasteiger partial charge in [0.15, 0.2) is 0 Å². The summed E-state index contributed by atoms with van der Waals surface area (Å²) >= 11 is 0. The SMILES string of the molecule is Cc1cccc(N2C(C)CCN(C)CC2CN)c1. The van der Waals surface area contributed by atoms with Crippen LogP contribution in [0.2, 0.25) is 0 Å². The number of nitrogens with zero attached hydrogens (tertiary/aromatic N) is 2. The number of hydrogen-bond donors (Lipinski definition) is 1. The molecule has 2 atom stereocenters. The number of rotatable bonds is 2. The van der Waals surface area contributed by atoms with Crippen molar-refractivity contribution in [1.82, 2.24) is 4.90 Å². The van der Waals surface area contributed by atoms with E-state index >= 15 is 0 Å². The van der Waals surface area contributed by atoms with E-state index in [0.717, 1.165) is 13.1 Å². The molecule has 0 spiro atoms. The average Bonchev–Trinajstić information content (AvgIpc) is 2.49. The van der Waals surface area contributed by atoms with Crippen molar-refractivity contribution in [3.05, 3.63) is 29.8 Å². The van der Waals surface area contributed by atoms with Crippen molar-refractivity contribution in [3.63, 3.8) is 0 Å². The molecule has 100 valence electrons. The van der Waals surface area contributed by atoms with Crippen LogP contribution in [0, 0.1) is 6.92 Å². The van der Waals surface area contributed by atoms with Gasteiger partial charge in [0.25, 0.3) is 0 Å². The second-order valence-corrected chi connectivity index (χ2v) is 5.54. The zero-order chi connectivity index (χ0) is 13.1. The lowest BCUT2D eigenvalue weighted by Crippen LogP contribution is -2.48. The van der Waals surface area contributed by atoms with Crippen LogP contribution in [0.25, 0.3) is 0 Å². The molecule has 2 N–H and O–H groups in total. The van der Waals surface area contributed by atoms with Gasteiger partial charge >= 0.3 is 0 Å². The Kier molecular flexibility index (Phi) is 4.25. The summed E-state index contributed by atoms with van der Waals surface area (Å²) in [5.74, 6) is 0. The Morgan fingerprint density at radius 2 is 2.17 bits per heavy atom. The smallest absolute Gasteiger partial charge is 0.0542 e. The maximum Gasteiger partial charge on any atom is 0.0542 e. The molecule has 1 fully saturated rings. The fraction of sp³-hybridized carbons (Fsp3) is 0.600. The van der Waals surface area contributed by atoms with Gasteiger partial charge in [-0.15, -0.1) is 0 Å². The molecule has 0 amide bonds. The highest BCUT2D eigenvalue weighted by molar-refractivity contribution is 5.50. The zero-order valence-electron chi connectivity index (χ0n) is 11.8. The summed E-state index contributed by atoms with van der Waals surface area (Å²) < 4.78 is 0. The summed E-state index contributed by atoms with van der Waals surface area (Å²) in [6, 6.07) is 9.72. The van der Waals surface area contributed by atoms with E-state index in [-0.39, 0.29) is 0 Å². The molecule has 1 heterocycles. The first-order chi connectivity index (χ1) is 8.61. The zero-order valence-corrected chi connectivity index (χ0v) is 11.8. The normalized spacial score (nSPS) is 26.1. The van der Waals surface area contributed by atoms with E-state index in [2.05, 4.69) is 55.0 Å². The third-order valence-electron chi connectivity index (χ3n) is 3.89. The van der Waals surface area contributed by atoms with Gasteiger partial charge in [0.05, 0.1) is 6.04 Å². The molecule has 1 aliphatic heterocycles. The Labute approximate surface area is 111 Å². The lowest BCUT2D eigenvalue weighted by molar-refractivity contribution is 0.332. The molecular formula is C15H25N3. The number of anilines is 1. The van der Waals surface area contributed by atoms with Gasteiger partial charge in [0.2, 0.25) is 0 Å². The van der Waals surface area contributed by atoms with Crippen molar-refractivity contribution < 1.29 is 0 Å². The average molecular weight is 247 g/mol. The van der Waals surface area contributed by atoms with E-state index in [4.69, 9.17) is 5.73 Å². The maximum atomic E-state index is 5.99. The number of aryl methyl sites for hydroxylation is 1. The third-order valence-corrected chi connectivity index (χ3v) is 3.89. The molecule has 0 aromatic heterocycles. The van der Waals surface area contributed by atoms with Crippen LogP contribution in [0.5, 0.6) is 0 Å². The van der Waals surface area contributed by atoms with Gasteiger partial charge in [-0.2, -0.15) is 0 Å². The lowest BCUT2D eigenvalue weighted by Gasteiger charge is -2.36.